The number of hydrogen-bond donors (Lipinski definition) is 5. The summed E-state index contributed by atoms with van der Waals surface area (Å²) in [5.74, 6) is 8.87. The first-order valence-corrected chi connectivity index (χ1v) is 21.7. The third-order valence-electron chi connectivity index (χ3n) is 10.3. The lowest BCUT2D eigenvalue weighted by atomic mass is 9.98. The monoisotopic (exact) mass is 974 g/mol. The zero-order valence-corrected chi connectivity index (χ0v) is 36.9. The van der Waals surface area contributed by atoms with E-state index in [9.17, 15) is 24.9 Å². The van der Waals surface area contributed by atoms with Crippen molar-refractivity contribution in [3.8, 4) is 23.3 Å². The van der Waals surface area contributed by atoms with Gasteiger partial charge >= 0.3 is 12.1 Å². The number of aromatic nitrogens is 1. The molecule has 3 aliphatic rings. The quantitative estimate of drug-likeness (QED) is 0.0391. The molecule has 60 heavy (non-hydrogen) atoms. The molecule has 334 valence electrons. The van der Waals surface area contributed by atoms with Gasteiger partial charge in [-0.1, -0.05) is 6.58 Å². The standard InChI is InChI=1S/C41H56Br2N2O15/c1-25(51-2)38-36(48)35(47)37(49)40(60-38)59-31-23-45-30-22-29(42)39(34(43)33(30)31)56-20-18-54-16-17-55-19-21-57-41(50)44-11-13-53-15-14-52-12-7-10-32(46)58-24-28-26-8-5-3-4-6-9-27(26)28/h22-23,26-28,35-38,40,45,47-49H,1,5-21,24H2,2H3,(H,44,50)/t26-,27+,28?,35-,36-,37+,38+,40+/m0/s1. The van der Waals surface area contributed by atoms with E-state index in [0.29, 0.717) is 95.8 Å². The van der Waals surface area contributed by atoms with E-state index in [1.54, 1.807) is 12.3 Å². The van der Waals surface area contributed by atoms with Gasteiger partial charge < -0.3 is 73.0 Å². The first kappa shape index (κ1) is 47.9. The third-order valence-corrected chi connectivity index (χ3v) is 11.7. The highest BCUT2D eigenvalue weighted by molar-refractivity contribution is 9.11. The van der Waals surface area contributed by atoms with Crippen molar-refractivity contribution >= 4 is 54.8 Å². The molecule has 5 N–H and O–H groups in total. The fraction of sp³-hybridized carbons (Fsp3) is 0.659. The number of methoxy groups -OCH3 is 1. The first-order chi connectivity index (χ1) is 29.1. The van der Waals surface area contributed by atoms with Crippen molar-refractivity contribution in [2.75, 3.05) is 86.3 Å². The number of carbonyl (C=O) groups is 2. The summed E-state index contributed by atoms with van der Waals surface area (Å²) in [6, 6.07) is 1.79. The number of nitrogens with one attached hydrogen (secondary N) is 2. The Morgan fingerprint density at radius 3 is 2.23 bits per heavy atom. The molecule has 1 aromatic heterocycles. The summed E-state index contributed by atoms with van der Waals surface area (Å²) in [5.41, 5.74) is 0.674. The molecule has 8 atom stereocenters. The summed E-state index contributed by atoms with van der Waals surface area (Å²) in [6.45, 7) is 7.28. The molecule has 2 heterocycles. The van der Waals surface area contributed by atoms with Crippen molar-refractivity contribution in [2.24, 2.45) is 17.8 Å². The maximum atomic E-state index is 12.1. The van der Waals surface area contributed by atoms with Crippen LogP contribution in [0.3, 0.4) is 0 Å². The fourth-order valence-corrected chi connectivity index (χ4v) is 8.57. The van der Waals surface area contributed by atoms with E-state index in [4.69, 9.17) is 47.4 Å². The van der Waals surface area contributed by atoms with Crippen molar-refractivity contribution in [2.45, 2.75) is 69.2 Å². The average Bonchev–Trinajstić information content (AvgIpc) is 3.70. The van der Waals surface area contributed by atoms with Crippen LogP contribution in [0.25, 0.3) is 10.9 Å². The molecule has 19 heteroatoms. The smallest absolute Gasteiger partial charge is 0.407 e. The van der Waals surface area contributed by atoms with Gasteiger partial charge in [-0.2, -0.15) is 0 Å². The lowest BCUT2D eigenvalue weighted by Crippen LogP contribution is -2.59. The van der Waals surface area contributed by atoms with Gasteiger partial charge in [0.1, 0.15) is 54.9 Å². The summed E-state index contributed by atoms with van der Waals surface area (Å²) in [4.78, 5) is 27.1. The highest BCUT2D eigenvalue weighted by atomic mass is 79.9. The van der Waals surface area contributed by atoms with Crippen LogP contribution in [0, 0.1) is 29.6 Å². The minimum atomic E-state index is -1.57. The van der Waals surface area contributed by atoms with Crippen molar-refractivity contribution in [1.82, 2.24) is 10.3 Å². The van der Waals surface area contributed by atoms with E-state index in [0.717, 1.165) is 25.7 Å². The number of esters is 1. The molecule has 1 amide bonds. The normalized spacial score (nSPS) is 24.6. The molecule has 0 bridgehead atoms. The topological polar surface area (TPSA) is 215 Å². The molecule has 0 radical (unpaired) electrons. The molecule has 2 fully saturated rings. The van der Waals surface area contributed by atoms with Crippen LogP contribution in [0.15, 0.2) is 33.5 Å². The van der Waals surface area contributed by atoms with Gasteiger partial charge in [0.15, 0.2) is 0 Å². The number of amides is 1. The van der Waals surface area contributed by atoms with Crippen LogP contribution in [0.4, 0.5) is 4.79 Å². The summed E-state index contributed by atoms with van der Waals surface area (Å²) < 4.78 is 56.6. The van der Waals surface area contributed by atoms with Crippen LogP contribution in [-0.2, 0) is 42.7 Å². The molecule has 1 unspecified atom stereocenters. The molecule has 17 nitrogen and oxygen atoms in total. The highest BCUT2D eigenvalue weighted by Gasteiger charge is 2.49. The molecule has 1 saturated heterocycles. The molecule has 2 aliphatic carbocycles. The number of ether oxygens (including phenoxy) is 10. The Bertz CT molecular complexity index is 1730. The number of carbonyl (C=O) groups excluding carboxylic acids is 2. The summed E-state index contributed by atoms with van der Waals surface area (Å²) in [7, 11) is 1.35. The second-order valence-electron chi connectivity index (χ2n) is 14.3. The van der Waals surface area contributed by atoms with E-state index in [1.807, 2.05) is 0 Å². The maximum Gasteiger partial charge on any atom is 0.407 e. The average molecular weight is 977 g/mol. The Kier molecular flexibility index (Phi) is 20.0. The molecule has 1 aliphatic heterocycles. The van der Waals surface area contributed by atoms with Crippen molar-refractivity contribution in [3.63, 3.8) is 0 Å². The largest absolute Gasteiger partial charge is 0.499 e. The lowest BCUT2D eigenvalue weighted by molar-refractivity contribution is -0.269. The Labute approximate surface area is 366 Å². The molecule has 1 saturated carbocycles. The van der Waals surface area contributed by atoms with Crippen molar-refractivity contribution in [3.05, 3.63) is 33.5 Å². The number of aromatic amines is 1. The Balaban J connectivity index is 0.833. The Hall–Kier alpha value is -3.16. The van der Waals surface area contributed by atoms with E-state index in [1.165, 1.54) is 7.11 Å². The number of rotatable bonds is 26. The van der Waals surface area contributed by atoms with Gasteiger partial charge in [0.2, 0.25) is 6.29 Å². The minimum Gasteiger partial charge on any atom is -0.499 e. The zero-order valence-electron chi connectivity index (χ0n) is 33.7. The van der Waals surface area contributed by atoms with Gasteiger partial charge in [-0.3, -0.25) is 4.79 Å². The second-order valence-corrected chi connectivity index (χ2v) is 16.0. The highest BCUT2D eigenvalue weighted by Crippen LogP contribution is 2.52. The maximum absolute atomic E-state index is 12.1. The number of halogens is 2. The van der Waals surface area contributed by atoms with Crippen LogP contribution >= 0.6 is 31.9 Å². The van der Waals surface area contributed by atoms with Gasteiger partial charge in [0.25, 0.3) is 0 Å². The summed E-state index contributed by atoms with van der Waals surface area (Å²) >= 11 is 7.11. The van der Waals surface area contributed by atoms with Crippen molar-refractivity contribution < 1.29 is 72.3 Å². The van der Waals surface area contributed by atoms with Crippen LogP contribution in [-0.4, -0.2) is 149 Å². The van der Waals surface area contributed by atoms with E-state index >= 15 is 0 Å². The van der Waals surface area contributed by atoms with Gasteiger partial charge in [0, 0.05) is 38.6 Å². The lowest BCUT2D eigenvalue weighted by Gasteiger charge is -2.40. The van der Waals surface area contributed by atoms with Crippen LogP contribution in [0.5, 0.6) is 11.5 Å². The second kappa shape index (κ2) is 25.1. The number of fused-ring (bicyclic) bond motifs is 2. The molecule has 5 rings (SSSR count). The molecular weight excluding hydrogens is 920 g/mol. The summed E-state index contributed by atoms with van der Waals surface area (Å²) in [6.07, 6.45) is -1.02. The molecule has 0 spiro atoms. The van der Waals surface area contributed by atoms with Gasteiger partial charge in [-0.25, -0.2) is 4.79 Å². The molecule has 1 aromatic carbocycles. The van der Waals surface area contributed by atoms with Crippen LogP contribution in [0.1, 0.15) is 38.5 Å². The number of benzene rings is 1. The fourth-order valence-electron chi connectivity index (χ4n) is 7.03. The number of aliphatic hydroxyl groups excluding tert-OH is 3. The van der Waals surface area contributed by atoms with E-state index in [-0.39, 0.29) is 57.1 Å². The van der Waals surface area contributed by atoms with Crippen LogP contribution in [0.2, 0.25) is 0 Å². The number of H-pyrrole nitrogens is 1. The Morgan fingerprint density at radius 2 is 1.53 bits per heavy atom. The molecule has 2 aromatic rings. The van der Waals surface area contributed by atoms with Gasteiger partial charge in [0.05, 0.1) is 79.8 Å². The predicted molar refractivity (Wildman–Crippen MR) is 222 cm³/mol. The number of aliphatic hydroxyl groups is 3. The molecular formula is C41H56Br2N2O15. The van der Waals surface area contributed by atoms with Crippen molar-refractivity contribution in [1.29, 1.82) is 0 Å². The number of hydrogen-bond acceptors (Lipinski definition) is 15. The predicted octanol–water partition coefficient (Wildman–Crippen LogP) is 3.97. The van der Waals surface area contributed by atoms with E-state index in [2.05, 4.69) is 60.6 Å². The summed E-state index contributed by atoms with van der Waals surface area (Å²) in [5, 5.41) is 34.5. The third kappa shape index (κ3) is 14.2. The van der Waals surface area contributed by atoms with Crippen LogP contribution < -0.4 is 14.8 Å². The minimum absolute atomic E-state index is 0.0647. The Morgan fingerprint density at radius 1 is 0.883 bits per heavy atom. The van der Waals surface area contributed by atoms with Gasteiger partial charge in [-0.05, 0) is 74.9 Å². The van der Waals surface area contributed by atoms with E-state index < -0.39 is 36.8 Å². The van der Waals surface area contributed by atoms with Gasteiger partial charge in [-0.15, -0.1) is 11.8 Å². The number of alkyl carbamates (subject to hydrolysis) is 1. The first-order valence-electron chi connectivity index (χ1n) is 20.1. The SMILES string of the molecule is C=C(OC)[C@H]1O[C@@H](Oc2c[nH]c3cc(Br)c(OCCOCCOCCOC(=O)NCCOCCOCCCC(=O)OCC4[C@H]5CCC#CCC[C@@H]45)c(Br)c23)[C@H](O)[C@@H](O)[C@@H]1O. The zero-order chi connectivity index (χ0) is 42.9.